The quantitative estimate of drug-likeness (QED) is 0.352. The fraction of sp³-hybridized carbons (Fsp3) is 0.900. The van der Waals surface area contributed by atoms with Gasteiger partial charge in [0, 0.05) is 13.5 Å². The molecule has 0 amide bonds. The summed E-state index contributed by atoms with van der Waals surface area (Å²) >= 11 is 0. The predicted molar refractivity (Wildman–Crippen MR) is 54.3 cm³/mol. The first-order valence-corrected chi connectivity index (χ1v) is 5.18. The van der Waals surface area contributed by atoms with Crippen molar-refractivity contribution in [2.75, 3.05) is 26.4 Å². The minimum atomic E-state index is -0.576. The summed E-state index contributed by atoms with van der Waals surface area (Å²) in [5, 5.41) is 8.58. The van der Waals surface area contributed by atoms with E-state index in [2.05, 4.69) is 6.92 Å². The van der Waals surface area contributed by atoms with Gasteiger partial charge in [-0.3, -0.25) is 4.79 Å². The Balaban J connectivity index is 3.67. The average Bonchev–Trinajstić information content (AvgIpc) is 2.21. The van der Waals surface area contributed by atoms with Gasteiger partial charge in [-0.15, -0.1) is 0 Å². The van der Waals surface area contributed by atoms with Crippen LogP contribution in [0.5, 0.6) is 0 Å². The maximum Gasteiger partial charge on any atom is 0.302 e. The van der Waals surface area contributed by atoms with Crippen LogP contribution in [0.4, 0.5) is 0 Å². The van der Waals surface area contributed by atoms with E-state index in [9.17, 15) is 4.79 Å². The van der Waals surface area contributed by atoms with Crippen LogP contribution in [0.3, 0.4) is 0 Å². The lowest BCUT2D eigenvalue weighted by molar-refractivity contribution is -0.184. The molecular weight excluding hydrogens is 200 g/mol. The lowest BCUT2D eigenvalue weighted by Crippen LogP contribution is -2.26. The molecule has 0 fully saturated rings. The van der Waals surface area contributed by atoms with Crippen LogP contribution in [-0.4, -0.2) is 43.8 Å². The van der Waals surface area contributed by atoms with Crippen molar-refractivity contribution in [3.63, 3.8) is 0 Å². The molecule has 0 bridgehead atoms. The molecule has 0 saturated carbocycles. The van der Waals surface area contributed by atoms with Gasteiger partial charge in [0.25, 0.3) is 0 Å². The van der Waals surface area contributed by atoms with E-state index in [1.807, 2.05) is 0 Å². The topological polar surface area (TPSA) is 65.0 Å². The second kappa shape index (κ2) is 9.89. The Bertz CT molecular complexity index is 160. The first kappa shape index (κ1) is 14.3. The molecule has 0 aromatic heterocycles. The van der Waals surface area contributed by atoms with Gasteiger partial charge in [-0.25, -0.2) is 0 Å². The summed E-state index contributed by atoms with van der Waals surface area (Å²) in [4.78, 5) is 10.6. The highest BCUT2D eigenvalue weighted by Crippen LogP contribution is 1.99. The van der Waals surface area contributed by atoms with Crippen LogP contribution in [0, 0.1) is 0 Å². The van der Waals surface area contributed by atoms with Crippen molar-refractivity contribution < 1.29 is 24.1 Å². The van der Waals surface area contributed by atoms with Crippen molar-refractivity contribution in [3.05, 3.63) is 0 Å². The van der Waals surface area contributed by atoms with Gasteiger partial charge in [-0.1, -0.05) is 13.3 Å². The van der Waals surface area contributed by atoms with E-state index in [1.165, 1.54) is 6.92 Å². The van der Waals surface area contributed by atoms with Crippen molar-refractivity contribution in [3.8, 4) is 0 Å². The summed E-state index contributed by atoms with van der Waals surface area (Å²) in [5.41, 5.74) is 0. The highest BCUT2D eigenvalue weighted by atomic mass is 16.7. The highest BCUT2D eigenvalue weighted by molar-refractivity contribution is 5.65. The van der Waals surface area contributed by atoms with Crippen LogP contribution in [0.25, 0.3) is 0 Å². The number of hydrogen-bond donors (Lipinski definition) is 1. The van der Waals surface area contributed by atoms with E-state index < -0.39 is 6.29 Å². The molecule has 5 heteroatoms. The van der Waals surface area contributed by atoms with E-state index in [0.29, 0.717) is 6.61 Å². The molecule has 0 aliphatic rings. The van der Waals surface area contributed by atoms with Gasteiger partial charge < -0.3 is 19.3 Å². The van der Waals surface area contributed by atoms with E-state index >= 15 is 0 Å². The number of unbranched alkanes of at least 4 members (excludes halogenated alkanes) is 1. The van der Waals surface area contributed by atoms with E-state index in [1.54, 1.807) is 0 Å². The van der Waals surface area contributed by atoms with E-state index in [0.717, 1.165) is 12.8 Å². The molecule has 1 atom stereocenters. The maximum absolute atomic E-state index is 10.6. The first-order valence-electron chi connectivity index (χ1n) is 5.18. The normalized spacial score (nSPS) is 12.5. The van der Waals surface area contributed by atoms with E-state index in [4.69, 9.17) is 19.3 Å². The third-order valence-corrected chi connectivity index (χ3v) is 1.62. The van der Waals surface area contributed by atoms with Gasteiger partial charge in [-0.05, 0) is 6.42 Å². The van der Waals surface area contributed by atoms with Gasteiger partial charge >= 0.3 is 5.97 Å². The predicted octanol–water partition coefficient (Wildman–Crippen LogP) is 0.701. The Morgan fingerprint density at radius 2 is 2.00 bits per heavy atom. The van der Waals surface area contributed by atoms with Crippen LogP contribution >= 0.6 is 0 Å². The molecular formula is C10H20O5. The molecule has 0 heterocycles. The van der Waals surface area contributed by atoms with Crippen molar-refractivity contribution in [2.45, 2.75) is 33.0 Å². The smallest absolute Gasteiger partial charge is 0.302 e. The molecule has 0 saturated heterocycles. The third-order valence-electron chi connectivity index (χ3n) is 1.62. The zero-order valence-corrected chi connectivity index (χ0v) is 9.40. The van der Waals surface area contributed by atoms with Crippen LogP contribution < -0.4 is 0 Å². The van der Waals surface area contributed by atoms with Gasteiger partial charge in [0.1, 0.15) is 6.61 Å². The fourth-order valence-corrected chi connectivity index (χ4v) is 0.873. The summed E-state index contributed by atoms with van der Waals surface area (Å²) < 4.78 is 15.2. The van der Waals surface area contributed by atoms with Gasteiger partial charge in [0.2, 0.25) is 0 Å². The molecule has 1 unspecified atom stereocenters. The zero-order chi connectivity index (χ0) is 11.5. The van der Waals surface area contributed by atoms with Crippen LogP contribution in [0.15, 0.2) is 0 Å². The number of hydrogen-bond acceptors (Lipinski definition) is 5. The van der Waals surface area contributed by atoms with Crippen LogP contribution in [0.2, 0.25) is 0 Å². The molecule has 90 valence electrons. The molecule has 15 heavy (non-hydrogen) atoms. The average molecular weight is 220 g/mol. The second-order valence-electron chi connectivity index (χ2n) is 3.05. The summed E-state index contributed by atoms with van der Waals surface area (Å²) in [6, 6.07) is 0. The molecule has 5 nitrogen and oxygen atoms in total. The van der Waals surface area contributed by atoms with Crippen molar-refractivity contribution in [1.82, 2.24) is 0 Å². The van der Waals surface area contributed by atoms with Crippen molar-refractivity contribution in [1.29, 1.82) is 0 Å². The summed E-state index contributed by atoms with van der Waals surface area (Å²) in [5.74, 6) is -0.369. The molecule has 0 radical (unpaired) electrons. The van der Waals surface area contributed by atoms with Crippen molar-refractivity contribution in [2.24, 2.45) is 0 Å². The fourth-order valence-electron chi connectivity index (χ4n) is 0.873. The summed E-state index contributed by atoms with van der Waals surface area (Å²) in [7, 11) is 0. The SMILES string of the molecule is CCCCOC(COC(C)=O)OCCO. The number of aliphatic hydroxyl groups excluding tert-OH is 1. The van der Waals surface area contributed by atoms with Gasteiger partial charge in [0.15, 0.2) is 6.29 Å². The number of carbonyl (C=O) groups excluding carboxylic acids is 1. The Labute approximate surface area is 90.3 Å². The number of aliphatic hydroxyl groups is 1. The third kappa shape index (κ3) is 9.65. The second-order valence-corrected chi connectivity index (χ2v) is 3.05. The highest BCUT2D eigenvalue weighted by Gasteiger charge is 2.10. The molecule has 0 spiro atoms. The molecule has 0 aliphatic heterocycles. The lowest BCUT2D eigenvalue weighted by atomic mass is 10.4. The molecule has 1 N–H and O–H groups in total. The first-order chi connectivity index (χ1) is 7.20. The Kier molecular flexibility index (Phi) is 9.46. The summed E-state index contributed by atoms with van der Waals surface area (Å²) in [6.45, 7) is 4.12. The number of rotatable bonds is 9. The van der Waals surface area contributed by atoms with E-state index in [-0.39, 0.29) is 25.8 Å². The summed E-state index contributed by atoms with van der Waals surface area (Å²) in [6.07, 6.45) is 1.38. The minimum Gasteiger partial charge on any atom is -0.460 e. The Hall–Kier alpha value is -0.650. The zero-order valence-electron chi connectivity index (χ0n) is 9.40. The number of esters is 1. The molecule has 0 aromatic rings. The number of ether oxygens (including phenoxy) is 3. The standard InChI is InChI=1S/C10H20O5/c1-3-4-6-13-10(14-7-5-11)8-15-9(2)12/h10-11H,3-8H2,1-2H3. The molecule has 0 aliphatic carbocycles. The van der Waals surface area contributed by atoms with Gasteiger partial charge in [-0.2, -0.15) is 0 Å². The van der Waals surface area contributed by atoms with Crippen molar-refractivity contribution >= 4 is 5.97 Å². The molecule has 0 aromatic carbocycles. The van der Waals surface area contributed by atoms with Crippen LogP contribution in [0.1, 0.15) is 26.7 Å². The number of carbonyl (C=O) groups is 1. The monoisotopic (exact) mass is 220 g/mol. The Morgan fingerprint density at radius 1 is 1.33 bits per heavy atom. The molecule has 0 rings (SSSR count). The van der Waals surface area contributed by atoms with Gasteiger partial charge in [0.05, 0.1) is 13.2 Å². The van der Waals surface area contributed by atoms with Crippen LogP contribution in [-0.2, 0) is 19.0 Å². The lowest BCUT2D eigenvalue weighted by Gasteiger charge is -2.17. The maximum atomic E-state index is 10.6. The largest absolute Gasteiger partial charge is 0.460 e. The minimum absolute atomic E-state index is 0.0685. The Morgan fingerprint density at radius 3 is 2.53 bits per heavy atom.